The second-order valence-corrected chi connectivity index (χ2v) is 7.81. The van der Waals surface area contributed by atoms with Crippen LogP contribution in [-0.2, 0) is 6.54 Å². The maximum atomic E-state index is 13.1. The minimum atomic E-state index is -4.53. The molecule has 3 aromatic rings. The van der Waals surface area contributed by atoms with Crippen LogP contribution in [0, 0.1) is 18.3 Å². The largest absolute Gasteiger partial charge is 0.406 e. The monoisotopic (exact) mass is 421 g/mol. The van der Waals surface area contributed by atoms with E-state index in [2.05, 4.69) is 4.98 Å². The minimum absolute atomic E-state index is 0.194. The van der Waals surface area contributed by atoms with Crippen LogP contribution in [0.1, 0.15) is 26.5 Å². The number of thiazole rings is 1. The van der Waals surface area contributed by atoms with Crippen LogP contribution in [0.2, 0.25) is 0 Å². The van der Waals surface area contributed by atoms with Gasteiger partial charge in [0, 0.05) is 17.5 Å². The summed E-state index contributed by atoms with van der Waals surface area (Å²) in [6.45, 7) is 0.0409. The molecule has 0 unspecified atom stereocenters. The topological polar surface area (TPSA) is 57.0 Å². The van der Waals surface area contributed by atoms with Crippen LogP contribution < -0.4 is 0 Å². The van der Waals surface area contributed by atoms with Gasteiger partial charge in [-0.05, 0) is 36.1 Å². The Balaban J connectivity index is 1.89. The van der Waals surface area contributed by atoms with E-state index in [9.17, 15) is 18.0 Å². The fourth-order valence-corrected chi connectivity index (χ4v) is 4.31. The van der Waals surface area contributed by atoms with E-state index in [4.69, 9.17) is 5.26 Å². The van der Waals surface area contributed by atoms with E-state index in [-0.39, 0.29) is 11.4 Å². The third-order valence-corrected chi connectivity index (χ3v) is 5.75. The molecule has 0 aliphatic rings. The van der Waals surface area contributed by atoms with Crippen molar-refractivity contribution < 1.29 is 18.0 Å². The molecule has 0 saturated carbocycles. The molecule has 0 atom stereocenters. The molecule has 0 N–H and O–H groups in total. The van der Waals surface area contributed by atoms with Crippen molar-refractivity contribution in [2.45, 2.75) is 19.6 Å². The average Bonchev–Trinajstić information content (AvgIpc) is 3.29. The van der Waals surface area contributed by atoms with Gasteiger partial charge in [-0.2, -0.15) is 29.8 Å². The maximum Gasteiger partial charge on any atom is 0.406 e. The number of benzene rings is 1. The van der Waals surface area contributed by atoms with Gasteiger partial charge in [-0.3, -0.25) is 4.79 Å². The molecule has 9 heteroatoms. The fraction of sp³-hybridized carbons (Fsp3) is 0.211. The fourth-order valence-electron chi connectivity index (χ4n) is 2.57. The summed E-state index contributed by atoms with van der Waals surface area (Å²) in [6.07, 6.45) is -4.53. The molecule has 3 rings (SSSR count). The third kappa shape index (κ3) is 4.77. The highest BCUT2D eigenvalue weighted by Crippen LogP contribution is 2.31. The number of rotatable bonds is 5. The van der Waals surface area contributed by atoms with Gasteiger partial charge in [0.2, 0.25) is 0 Å². The number of amides is 1. The molecule has 2 aromatic heterocycles. The number of nitrogens with zero attached hydrogens (tertiary/aromatic N) is 3. The minimum Gasteiger partial charge on any atom is -0.324 e. The molecular formula is C19H14F3N3OS2. The highest BCUT2D eigenvalue weighted by molar-refractivity contribution is 7.17. The second kappa shape index (κ2) is 8.12. The van der Waals surface area contributed by atoms with Crippen molar-refractivity contribution in [1.29, 1.82) is 5.26 Å². The Morgan fingerprint density at radius 3 is 2.54 bits per heavy atom. The Labute approximate surface area is 167 Å². The van der Waals surface area contributed by atoms with Crippen LogP contribution in [0.5, 0.6) is 0 Å². The number of hydrogen-bond acceptors (Lipinski definition) is 5. The molecule has 0 aliphatic carbocycles. The molecule has 2 heterocycles. The SMILES string of the molecule is Cc1nc(-c2ccsc2)sc1C(=O)N(Cc1ccc(C#N)cc1)CC(F)(F)F. The number of thiophene rings is 1. The number of carbonyl (C=O) groups is 1. The summed E-state index contributed by atoms with van der Waals surface area (Å²) in [7, 11) is 0. The zero-order valence-corrected chi connectivity index (χ0v) is 16.3. The van der Waals surface area contributed by atoms with E-state index in [0.29, 0.717) is 21.8 Å². The first-order chi connectivity index (χ1) is 13.3. The molecule has 0 aliphatic heterocycles. The average molecular weight is 421 g/mol. The zero-order valence-electron chi connectivity index (χ0n) is 14.7. The van der Waals surface area contributed by atoms with E-state index in [1.165, 1.54) is 23.5 Å². The molecule has 28 heavy (non-hydrogen) atoms. The molecule has 4 nitrogen and oxygen atoms in total. The summed E-state index contributed by atoms with van der Waals surface area (Å²) >= 11 is 2.57. The van der Waals surface area contributed by atoms with Gasteiger partial charge in [-0.1, -0.05) is 12.1 Å². The van der Waals surface area contributed by atoms with E-state index in [0.717, 1.165) is 21.8 Å². The van der Waals surface area contributed by atoms with Crippen molar-refractivity contribution in [2.24, 2.45) is 0 Å². The third-order valence-electron chi connectivity index (χ3n) is 3.87. The summed E-state index contributed by atoms with van der Waals surface area (Å²) in [5, 5.41) is 13.2. The molecule has 1 amide bonds. The summed E-state index contributed by atoms with van der Waals surface area (Å²) in [5.41, 5.74) is 2.16. The molecule has 0 spiro atoms. The lowest BCUT2D eigenvalue weighted by Crippen LogP contribution is -2.38. The predicted octanol–water partition coefficient (Wildman–Crippen LogP) is 5.26. The summed E-state index contributed by atoms with van der Waals surface area (Å²) in [4.78, 5) is 18.2. The zero-order chi connectivity index (χ0) is 20.3. The van der Waals surface area contributed by atoms with Gasteiger partial charge in [0.05, 0.1) is 17.3 Å². The van der Waals surface area contributed by atoms with Gasteiger partial charge < -0.3 is 4.90 Å². The number of aromatic nitrogens is 1. The number of halogens is 3. The molecule has 144 valence electrons. The van der Waals surface area contributed by atoms with Gasteiger partial charge in [0.15, 0.2) is 0 Å². The number of carbonyl (C=O) groups excluding carboxylic acids is 1. The Morgan fingerprint density at radius 2 is 1.96 bits per heavy atom. The number of aryl methyl sites for hydroxylation is 1. The van der Waals surface area contributed by atoms with Crippen molar-refractivity contribution in [3.05, 3.63) is 62.8 Å². The van der Waals surface area contributed by atoms with E-state index in [1.807, 2.05) is 22.9 Å². The van der Waals surface area contributed by atoms with Gasteiger partial charge in [0.1, 0.15) is 16.4 Å². The highest BCUT2D eigenvalue weighted by atomic mass is 32.1. The standard InChI is InChI=1S/C19H14F3N3OS2/c1-12-16(28-17(24-12)15-6-7-27-10-15)18(26)25(11-19(20,21)22)9-14-4-2-13(8-23)3-5-14/h2-7,10H,9,11H2,1H3. The van der Waals surface area contributed by atoms with Crippen molar-refractivity contribution in [3.8, 4) is 16.6 Å². The summed E-state index contributed by atoms with van der Waals surface area (Å²) in [5.74, 6) is -0.710. The van der Waals surface area contributed by atoms with Crippen LogP contribution in [0.25, 0.3) is 10.6 Å². The van der Waals surface area contributed by atoms with Crippen LogP contribution >= 0.6 is 22.7 Å². The predicted molar refractivity (Wildman–Crippen MR) is 102 cm³/mol. The van der Waals surface area contributed by atoms with Gasteiger partial charge in [0.25, 0.3) is 5.91 Å². The summed E-state index contributed by atoms with van der Waals surface area (Å²) < 4.78 is 39.3. The van der Waals surface area contributed by atoms with Crippen molar-refractivity contribution in [3.63, 3.8) is 0 Å². The maximum absolute atomic E-state index is 13.1. The van der Waals surface area contributed by atoms with Crippen LogP contribution in [0.3, 0.4) is 0 Å². The molecular weight excluding hydrogens is 407 g/mol. The van der Waals surface area contributed by atoms with Gasteiger partial charge >= 0.3 is 6.18 Å². The normalized spacial score (nSPS) is 11.2. The lowest BCUT2D eigenvalue weighted by atomic mass is 10.1. The number of hydrogen-bond donors (Lipinski definition) is 0. The van der Waals surface area contributed by atoms with Crippen LogP contribution in [0.4, 0.5) is 13.2 Å². The molecule has 1 aromatic carbocycles. The van der Waals surface area contributed by atoms with E-state index < -0.39 is 18.6 Å². The van der Waals surface area contributed by atoms with Gasteiger partial charge in [-0.25, -0.2) is 4.98 Å². The quantitative estimate of drug-likeness (QED) is 0.565. The van der Waals surface area contributed by atoms with Crippen LogP contribution in [0.15, 0.2) is 41.1 Å². The molecule has 0 bridgehead atoms. The van der Waals surface area contributed by atoms with Crippen molar-refractivity contribution in [1.82, 2.24) is 9.88 Å². The molecule has 0 saturated heterocycles. The first-order valence-corrected chi connectivity index (χ1v) is 9.88. The van der Waals surface area contributed by atoms with Gasteiger partial charge in [-0.15, -0.1) is 11.3 Å². The molecule has 0 radical (unpaired) electrons. The summed E-state index contributed by atoms with van der Waals surface area (Å²) in [6, 6.07) is 9.92. The second-order valence-electron chi connectivity index (χ2n) is 6.03. The first kappa shape index (κ1) is 20.0. The van der Waals surface area contributed by atoms with E-state index in [1.54, 1.807) is 19.1 Å². The van der Waals surface area contributed by atoms with E-state index >= 15 is 0 Å². The lowest BCUT2D eigenvalue weighted by Gasteiger charge is -2.23. The first-order valence-electron chi connectivity index (χ1n) is 8.12. The number of alkyl halides is 3. The number of nitriles is 1. The highest BCUT2D eigenvalue weighted by Gasteiger charge is 2.34. The molecule has 0 fully saturated rings. The Morgan fingerprint density at radius 1 is 1.25 bits per heavy atom. The Hall–Kier alpha value is -2.70. The lowest BCUT2D eigenvalue weighted by molar-refractivity contribution is -0.141. The smallest absolute Gasteiger partial charge is 0.324 e. The van der Waals surface area contributed by atoms with Crippen molar-refractivity contribution in [2.75, 3.05) is 6.54 Å². The Bertz CT molecular complexity index is 1000. The van der Waals surface area contributed by atoms with Crippen LogP contribution in [-0.4, -0.2) is 28.5 Å². The Kier molecular flexibility index (Phi) is 5.82. The van der Waals surface area contributed by atoms with Crippen molar-refractivity contribution >= 4 is 28.6 Å².